The van der Waals surface area contributed by atoms with Crippen molar-refractivity contribution in [1.82, 2.24) is 29.7 Å². The second-order valence-corrected chi connectivity index (χ2v) is 10.6. The number of carbonyl (C=O) groups is 1. The minimum absolute atomic E-state index is 0.0571. The smallest absolute Gasteiger partial charge is 0.317 e. The molecule has 2 aliphatic rings. The summed E-state index contributed by atoms with van der Waals surface area (Å²) in [5.41, 5.74) is 6.28. The highest BCUT2D eigenvalue weighted by Gasteiger charge is 2.35. The molecule has 40 heavy (non-hydrogen) atoms. The van der Waals surface area contributed by atoms with Crippen LogP contribution in [0.15, 0.2) is 79.4 Å². The molecule has 3 heterocycles. The van der Waals surface area contributed by atoms with Gasteiger partial charge in [0.15, 0.2) is 0 Å². The van der Waals surface area contributed by atoms with Crippen molar-refractivity contribution < 1.29 is 9.90 Å². The number of aliphatic hydroxyl groups excluding tert-OH is 1. The molecule has 2 N–H and O–H groups in total. The van der Waals surface area contributed by atoms with Crippen molar-refractivity contribution in [1.29, 1.82) is 0 Å². The van der Waals surface area contributed by atoms with Crippen LogP contribution >= 0.6 is 11.6 Å². The number of rotatable bonds is 5. The Hall–Kier alpha value is -3.98. The predicted molar refractivity (Wildman–Crippen MR) is 155 cm³/mol. The number of nitrogens with zero attached hydrogens (tertiary/aromatic N) is 5. The van der Waals surface area contributed by atoms with E-state index in [1.54, 1.807) is 12.5 Å². The largest absolute Gasteiger partial charge is 0.382 e. The third-order valence-electron chi connectivity index (χ3n) is 7.74. The van der Waals surface area contributed by atoms with E-state index in [0.29, 0.717) is 43.4 Å². The lowest BCUT2D eigenvalue weighted by Gasteiger charge is -2.39. The summed E-state index contributed by atoms with van der Waals surface area (Å²) in [6.45, 7) is 3.06. The van der Waals surface area contributed by atoms with Crippen LogP contribution in [0.25, 0.3) is 11.6 Å². The van der Waals surface area contributed by atoms with Gasteiger partial charge in [-0.1, -0.05) is 54.1 Å². The van der Waals surface area contributed by atoms with E-state index >= 15 is 0 Å². The number of aromatic nitrogens is 3. The van der Waals surface area contributed by atoms with Gasteiger partial charge in [-0.15, -0.1) is 0 Å². The van der Waals surface area contributed by atoms with E-state index in [1.165, 1.54) is 0 Å². The van der Waals surface area contributed by atoms with Gasteiger partial charge in [0, 0.05) is 51.0 Å². The maximum absolute atomic E-state index is 12.9. The first-order chi connectivity index (χ1) is 19.5. The van der Waals surface area contributed by atoms with Crippen LogP contribution < -0.4 is 5.32 Å². The van der Waals surface area contributed by atoms with Gasteiger partial charge < -0.3 is 19.9 Å². The van der Waals surface area contributed by atoms with E-state index in [2.05, 4.69) is 15.2 Å². The molecule has 4 aromatic rings. The fourth-order valence-electron chi connectivity index (χ4n) is 5.64. The molecular weight excluding hydrogens is 524 g/mol. The molecule has 2 aromatic heterocycles. The van der Waals surface area contributed by atoms with Crippen LogP contribution in [-0.4, -0.2) is 61.7 Å². The van der Waals surface area contributed by atoms with Gasteiger partial charge in [0.1, 0.15) is 6.10 Å². The summed E-state index contributed by atoms with van der Waals surface area (Å²) in [7, 11) is 1.87. The third-order valence-corrected chi connectivity index (χ3v) is 7.98. The van der Waals surface area contributed by atoms with Crippen LogP contribution in [0.3, 0.4) is 0 Å². The number of nitrogens with one attached hydrogen (secondary N) is 1. The maximum Gasteiger partial charge on any atom is 0.317 e. The molecule has 1 saturated heterocycles. The first kappa shape index (κ1) is 26.3. The quantitative estimate of drug-likeness (QED) is 0.374. The number of halogens is 1. The van der Waals surface area contributed by atoms with Crippen molar-refractivity contribution in [3.63, 3.8) is 0 Å². The van der Waals surface area contributed by atoms with Crippen molar-refractivity contribution in [2.24, 2.45) is 7.05 Å². The third kappa shape index (κ3) is 5.13. The van der Waals surface area contributed by atoms with Crippen molar-refractivity contribution >= 4 is 29.3 Å². The Kier molecular flexibility index (Phi) is 7.38. The van der Waals surface area contributed by atoms with Crippen LogP contribution in [-0.2, 0) is 13.6 Å². The Morgan fingerprint density at radius 1 is 1.10 bits per heavy atom. The van der Waals surface area contributed by atoms with Gasteiger partial charge in [-0.2, -0.15) is 0 Å². The molecule has 9 heteroatoms. The predicted octanol–water partition coefficient (Wildman–Crippen LogP) is 4.67. The molecule has 2 aromatic carbocycles. The number of benzene rings is 2. The summed E-state index contributed by atoms with van der Waals surface area (Å²) in [4.78, 5) is 26.2. The molecule has 204 valence electrons. The average molecular weight is 555 g/mol. The Balaban J connectivity index is 1.29. The molecule has 0 unspecified atom stereocenters. The second-order valence-electron chi connectivity index (χ2n) is 10.2. The zero-order chi connectivity index (χ0) is 27.6. The number of urea groups is 1. The number of hydrogen-bond donors (Lipinski definition) is 2. The zero-order valence-electron chi connectivity index (χ0n) is 22.2. The number of hydrogen-bond acceptors (Lipinski definition) is 5. The number of aryl methyl sites for hydroxylation is 1. The van der Waals surface area contributed by atoms with Gasteiger partial charge in [0.05, 0.1) is 30.0 Å². The molecule has 2 atom stereocenters. The molecule has 8 nitrogen and oxygen atoms in total. The summed E-state index contributed by atoms with van der Waals surface area (Å²) in [5, 5.41) is 15.2. The second kappa shape index (κ2) is 11.3. The normalized spacial score (nSPS) is 17.8. The van der Waals surface area contributed by atoms with Crippen LogP contribution in [0.2, 0.25) is 5.02 Å². The molecule has 0 saturated carbocycles. The highest BCUT2D eigenvalue weighted by Crippen LogP contribution is 2.44. The number of aliphatic hydroxyl groups is 1. The van der Waals surface area contributed by atoms with Gasteiger partial charge in [0.25, 0.3) is 0 Å². The topological polar surface area (TPSA) is 86.5 Å². The van der Waals surface area contributed by atoms with E-state index in [-0.39, 0.29) is 12.1 Å². The number of amides is 2. The van der Waals surface area contributed by atoms with E-state index in [4.69, 9.17) is 16.6 Å². The molecule has 0 radical (unpaired) electrons. The van der Waals surface area contributed by atoms with Crippen LogP contribution in [0, 0.1) is 0 Å². The Labute approximate surface area is 238 Å². The maximum atomic E-state index is 12.9. The van der Waals surface area contributed by atoms with E-state index in [0.717, 1.165) is 33.5 Å². The number of piperazine rings is 1. The van der Waals surface area contributed by atoms with Gasteiger partial charge in [-0.25, -0.2) is 9.78 Å². The minimum atomic E-state index is -0.901. The van der Waals surface area contributed by atoms with Crippen LogP contribution in [0.4, 0.5) is 4.79 Å². The number of carbonyl (C=O) groups excluding carboxylic acids is 1. The Morgan fingerprint density at radius 2 is 1.90 bits per heavy atom. The Morgan fingerprint density at radius 3 is 2.65 bits per heavy atom. The summed E-state index contributed by atoms with van der Waals surface area (Å²) < 4.78 is 1.82. The summed E-state index contributed by atoms with van der Waals surface area (Å²) in [5.74, 6) is 0. The SMILES string of the molecule is Cn1cncc1[C@H](O)C1=Cc2cccnc2[C@@H](N2CCN(C(=O)NCc3ccccc3)CC2)c2ccc(Cl)cc21. The van der Waals surface area contributed by atoms with Gasteiger partial charge >= 0.3 is 6.03 Å². The number of pyridine rings is 1. The standard InChI is InChI=1S/C31H31ClN6O2/c1-36-20-33-19-27(36)30(39)26-16-22-8-5-11-34-28(22)29(24-10-9-23(32)17-25(24)26)37-12-14-38(15-13-37)31(40)35-18-21-6-3-2-4-7-21/h2-11,16-17,19-20,29-30,39H,12-15,18H2,1H3,(H,35,40)/t29-,30+/m0/s1. The first-order valence-corrected chi connectivity index (χ1v) is 13.8. The average Bonchev–Trinajstić information content (AvgIpc) is 3.36. The monoisotopic (exact) mass is 554 g/mol. The minimum Gasteiger partial charge on any atom is -0.382 e. The highest BCUT2D eigenvalue weighted by molar-refractivity contribution is 6.30. The number of fused-ring (bicyclic) bond motifs is 2. The first-order valence-electron chi connectivity index (χ1n) is 13.4. The van der Waals surface area contributed by atoms with Gasteiger partial charge in [-0.3, -0.25) is 9.88 Å². The van der Waals surface area contributed by atoms with E-state index < -0.39 is 6.10 Å². The fourth-order valence-corrected chi connectivity index (χ4v) is 5.82. The molecule has 1 aliphatic heterocycles. The zero-order valence-corrected chi connectivity index (χ0v) is 23.0. The molecule has 0 bridgehead atoms. The fraction of sp³-hybridized carbons (Fsp3) is 0.258. The van der Waals surface area contributed by atoms with Crippen molar-refractivity contribution in [3.8, 4) is 0 Å². The molecule has 2 amide bonds. The molecule has 0 spiro atoms. The lowest BCUT2D eigenvalue weighted by atomic mass is 9.91. The van der Waals surface area contributed by atoms with Crippen LogP contribution in [0.1, 0.15) is 45.8 Å². The highest BCUT2D eigenvalue weighted by atomic mass is 35.5. The molecule has 6 rings (SSSR count). The van der Waals surface area contributed by atoms with Crippen LogP contribution in [0.5, 0.6) is 0 Å². The molecule has 1 aliphatic carbocycles. The Bertz CT molecular complexity index is 1540. The van der Waals surface area contributed by atoms with Crippen molar-refractivity contribution in [2.75, 3.05) is 26.2 Å². The lowest BCUT2D eigenvalue weighted by molar-refractivity contribution is 0.119. The van der Waals surface area contributed by atoms with Crippen molar-refractivity contribution in [2.45, 2.75) is 18.7 Å². The number of imidazole rings is 1. The van der Waals surface area contributed by atoms with Crippen molar-refractivity contribution in [3.05, 3.63) is 118 Å². The van der Waals surface area contributed by atoms with E-state index in [1.807, 2.05) is 89.5 Å². The van der Waals surface area contributed by atoms with E-state index in [9.17, 15) is 9.90 Å². The summed E-state index contributed by atoms with van der Waals surface area (Å²) >= 11 is 6.52. The van der Waals surface area contributed by atoms with Gasteiger partial charge in [-0.05, 0) is 52.1 Å². The molecular formula is C31H31ClN6O2. The molecule has 1 fully saturated rings. The summed E-state index contributed by atoms with van der Waals surface area (Å²) in [6.07, 6.45) is 6.29. The summed E-state index contributed by atoms with van der Waals surface area (Å²) in [6, 6.07) is 19.5. The lowest BCUT2D eigenvalue weighted by Crippen LogP contribution is -2.52. The van der Waals surface area contributed by atoms with Gasteiger partial charge in [0.2, 0.25) is 0 Å².